The summed E-state index contributed by atoms with van der Waals surface area (Å²) in [6, 6.07) is 4.42. The quantitative estimate of drug-likeness (QED) is 0.818. The summed E-state index contributed by atoms with van der Waals surface area (Å²) < 4.78 is 5.82. The van der Waals surface area contributed by atoms with Gasteiger partial charge in [-0.05, 0) is 62.5 Å². The molecule has 1 N–H and O–H groups in total. The van der Waals surface area contributed by atoms with Crippen molar-refractivity contribution in [3.05, 3.63) is 28.8 Å². The molecule has 0 saturated carbocycles. The number of rotatable bonds is 6. The number of nitrogens with one attached hydrogen (secondary N) is 1. The highest BCUT2D eigenvalue weighted by atomic mass is 16.5. The molecule has 0 bridgehead atoms. The Morgan fingerprint density at radius 3 is 2.47 bits per heavy atom. The number of hydrogen-bond acceptors (Lipinski definition) is 2. The molecule has 17 heavy (non-hydrogen) atoms. The molecule has 0 fully saturated rings. The van der Waals surface area contributed by atoms with Gasteiger partial charge < -0.3 is 10.1 Å². The van der Waals surface area contributed by atoms with Crippen LogP contribution in [-0.2, 0) is 6.42 Å². The fourth-order valence-electron chi connectivity index (χ4n) is 1.79. The van der Waals surface area contributed by atoms with Crippen LogP contribution in [0.25, 0.3) is 0 Å². The van der Waals surface area contributed by atoms with E-state index in [-0.39, 0.29) is 0 Å². The summed E-state index contributed by atoms with van der Waals surface area (Å²) in [5.74, 6) is 1.60. The fraction of sp³-hybridized carbons (Fsp3) is 0.600. The van der Waals surface area contributed by atoms with Crippen molar-refractivity contribution in [1.82, 2.24) is 5.32 Å². The van der Waals surface area contributed by atoms with Gasteiger partial charge >= 0.3 is 0 Å². The van der Waals surface area contributed by atoms with Crippen molar-refractivity contribution in [2.24, 2.45) is 5.92 Å². The molecule has 0 radical (unpaired) electrons. The Labute approximate surface area is 105 Å². The average molecular weight is 235 g/mol. The first-order valence-electron chi connectivity index (χ1n) is 6.42. The molecule has 1 aromatic rings. The maximum absolute atomic E-state index is 5.82. The molecular formula is C15H25NO. The topological polar surface area (TPSA) is 21.3 Å². The van der Waals surface area contributed by atoms with Gasteiger partial charge in [-0.2, -0.15) is 0 Å². The minimum Gasteiger partial charge on any atom is -0.493 e. The summed E-state index contributed by atoms with van der Waals surface area (Å²) in [7, 11) is 1.99. The van der Waals surface area contributed by atoms with Crippen molar-refractivity contribution >= 4 is 0 Å². The summed E-state index contributed by atoms with van der Waals surface area (Å²) in [5.41, 5.74) is 3.97. The zero-order valence-corrected chi connectivity index (χ0v) is 11.8. The van der Waals surface area contributed by atoms with Crippen molar-refractivity contribution in [3.63, 3.8) is 0 Å². The summed E-state index contributed by atoms with van der Waals surface area (Å²) in [6.45, 7) is 10.4. The molecule has 0 aliphatic heterocycles. The Morgan fingerprint density at radius 2 is 1.88 bits per heavy atom. The van der Waals surface area contributed by atoms with Gasteiger partial charge in [-0.1, -0.05) is 19.9 Å². The van der Waals surface area contributed by atoms with Gasteiger partial charge in [0.2, 0.25) is 0 Å². The zero-order chi connectivity index (χ0) is 12.8. The van der Waals surface area contributed by atoms with Gasteiger partial charge in [0.05, 0.1) is 6.61 Å². The van der Waals surface area contributed by atoms with E-state index in [1.54, 1.807) is 0 Å². The second-order valence-electron chi connectivity index (χ2n) is 5.10. The van der Waals surface area contributed by atoms with Crippen molar-refractivity contribution in [3.8, 4) is 5.75 Å². The summed E-state index contributed by atoms with van der Waals surface area (Å²) >= 11 is 0. The normalized spacial score (nSPS) is 10.9. The predicted octanol–water partition coefficient (Wildman–Crippen LogP) is 3.10. The average Bonchev–Trinajstić information content (AvgIpc) is 2.27. The molecule has 0 aromatic heterocycles. The van der Waals surface area contributed by atoms with E-state index in [1.165, 1.54) is 16.7 Å². The Morgan fingerprint density at radius 1 is 1.18 bits per heavy atom. The lowest BCUT2D eigenvalue weighted by molar-refractivity contribution is 0.269. The van der Waals surface area contributed by atoms with E-state index in [0.717, 1.165) is 25.3 Å². The van der Waals surface area contributed by atoms with E-state index in [4.69, 9.17) is 4.74 Å². The predicted molar refractivity (Wildman–Crippen MR) is 73.9 cm³/mol. The van der Waals surface area contributed by atoms with Gasteiger partial charge in [0, 0.05) is 0 Å². The van der Waals surface area contributed by atoms with Crippen LogP contribution in [0.15, 0.2) is 12.1 Å². The Hall–Kier alpha value is -1.02. The first-order valence-corrected chi connectivity index (χ1v) is 6.42. The van der Waals surface area contributed by atoms with Gasteiger partial charge in [0.1, 0.15) is 5.75 Å². The van der Waals surface area contributed by atoms with Crippen molar-refractivity contribution in [2.75, 3.05) is 20.2 Å². The number of benzene rings is 1. The molecule has 1 aromatic carbocycles. The van der Waals surface area contributed by atoms with Crippen molar-refractivity contribution in [1.29, 1.82) is 0 Å². The molecule has 0 saturated heterocycles. The van der Waals surface area contributed by atoms with Crippen molar-refractivity contribution in [2.45, 2.75) is 34.1 Å². The van der Waals surface area contributed by atoms with Crippen LogP contribution >= 0.6 is 0 Å². The van der Waals surface area contributed by atoms with Gasteiger partial charge in [-0.15, -0.1) is 0 Å². The molecule has 0 unspecified atom stereocenters. The molecule has 0 atom stereocenters. The standard InChI is InChI=1S/C15H25NO/c1-11(2)10-17-15-9-12(3)14(6-7-16-5)8-13(15)4/h8-9,11,16H,6-7,10H2,1-5H3. The zero-order valence-electron chi connectivity index (χ0n) is 11.8. The van der Waals surface area contributed by atoms with Gasteiger partial charge in [-0.25, -0.2) is 0 Å². The first kappa shape index (κ1) is 14.0. The van der Waals surface area contributed by atoms with E-state index < -0.39 is 0 Å². The van der Waals surface area contributed by atoms with Crippen LogP contribution in [0.2, 0.25) is 0 Å². The third kappa shape index (κ3) is 4.39. The van der Waals surface area contributed by atoms with Crippen LogP contribution < -0.4 is 10.1 Å². The van der Waals surface area contributed by atoms with E-state index in [2.05, 4.69) is 45.1 Å². The molecule has 2 heteroatoms. The monoisotopic (exact) mass is 235 g/mol. The molecule has 2 nitrogen and oxygen atoms in total. The second kappa shape index (κ2) is 6.65. The largest absolute Gasteiger partial charge is 0.493 e. The molecule has 96 valence electrons. The van der Waals surface area contributed by atoms with Crippen LogP contribution in [0.5, 0.6) is 5.75 Å². The highest BCUT2D eigenvalue weighted by Crippen LogP contribution is 2.23. The summed E-state index contributed by atoms with van der Waals surface area (Å²) in [5, 5.41) is 3.19. The van der Waals surface area contributed by atoms with Gasteiger partial charge in [0.15, 0.2) is 0 Å². The lowest BCUT2D eigenvalue weighted by Gasteiger charge is -2.14. The minimum atomic E-state index is 0.568. The molecule has 1 rings (SSSR count). The van der Waals surface area contributed by atoms with E-state index >= 15 is 0 Å². The number of hydrogen-bond donors (Lipinski definition) is 1. The molecule has 0 heterocycles. The summed E-state index contributed by atoms with van der Waals surface area (Å²) in [6.07, 6.45) is 1.08. The molecule has 0 aliphatic rings. The Bertz CT molecular complexity index is 358. The second-order valence-corrected chi connectivity index (χ2v) is 5.10. The van der Waals surface area contributed by atoms with Crippen LogP contribution in [0, 0.1) is 19.8 Å². The SMILES string of the molecule is CNCCc1cc(C)c(OCC(C)C)cc1C. The molecule has 0 spiro atoms. The van der Waals surface area contributed by atoms with Crippen LogP contribution in [0.3, 0.4) is 0 Å². The lowest BCUT2D eigenvalue weighted by atomic mass is 10.0. The van der Waals surface area contributed by atoms with Gasteiger partial charge in [-0.3, -0.25) is 0 Å². The van der Waals surface area contributed by atoms with Crippen molar-refractivity contribution < 1.29 is 4.74 Å². The summed E-state index contributed by atoms with van der Waals surface area (Å²) in [4.78, 5) is 0. The third-order valence-electron chi connectivity index (χ3n) is 2.85. The number of aryl methyl sites for hydroxylation is 2. The molecule has 0 aliphatic carbocycles. The van der Waals surface area contributed by atoms with E-state index in [1.807, 2.05) is 7.05 Å². The molecular weight excluding hydrogens is 210 g/mol. The number of ether oxygens (including phenoxy) is 1. The van der Waals surface area contributed by atoms with Crippen LogP contribution in [-0.4, -0.2) is 20.2 Å². The number of likely N-dealkylation sites (N-methyl/N-ethyl adjacent to an activating group) is 1. The smallest absolute Gasteiger partial charge is 0.122 e. The fourth-order valence-corrected chi connectivity index (χ4v) is 1.79. The Kier molecular flexibility index (Phi) is 5.49. The highest BCUT2D eigenvalue weighted by Gasteiger charge is 2.06. The molecule has 0 amide bonds. The third-order valence-corrected chi connectivity index (χ3v) is 2.85. The highest BCUT2D eigenvalue weighted by molar-refractivity contribution is 5.41. The van der Waals surface area contributed by atoms with E-state index in [0.29, 0.717) is 5.92 Å². The van der Waals surface area contributed by atoms with E-state index in [9.17, 15) is 0 Å². The van der Waals surface area contributed by atoms with Crippen LogP contribution in [0.4, 0.5) is 0 Å². The van der Waals surface area contributed by atoms with Gasteiger partial charge in [0.25, 0.3) is 0 Å². The minimum absolute atomic E-state index is 0.568. The van der Waals surface area contributed by atoms with Crippen LogP contribution in [0.1, 0.15) is 30.5 Å². The maximum atomic E-state index is 5.82. The maximum Gasteiger partial charge on any atom is 0.122 e. The Balaban J connectivity index is 2.78. The lowest BCUT2D eigenvalue weighted by Crippen LogP contribution is -2.11. The first-order chi connectivity index (χ1) is 8.04.